The topological polar surface area (TPSA) is 73.0 Å². The molecule has 17 heavy (non-hydrogen) atoms. The summed E-state index contributed by atoms with van der Waals surface area (Å²) < 4.78 is 13.9. The molecular formula is C9H6BrN5OS. The number of rotatable bonds is 1. The van der Waals surface area contributed by atoms with E-state index >= 15 is 0 Å². The Labute approximate surface area is 107 Å². The molecule has 0 spiro atoms. The van der Waals surface area contributed by atoms with Crippen LogP contribution in [0.15, 0.2) is 28.2 Å². The van der Waals surface area contributed by atoms with E-state index in [-0.39, 0.29) is 0 Å². The Morgan fingerprint density at radius 2 is 2.24 bits per heavy atom. The number of hydrogen-bond acceptors (Lipinski definition) is 5. The first kappa shape index (κ1) is 10.7. The molecule has 0 aliphatic rings. The summed E-state index contributed by atoms with van der Waals surface area (Å²) in [5, 5.41) is 8.94. The SMILES string of the molecule is CS(=O)c1ncc2cc(Br)c3nncn3c2n1. The largest absolute Gasteiger partial charge is 0.264 e. The molecule has 0 saturated heterocycles. The van der Waals surface area contributed by atoms with E-state index in [0.717, 1.165) is 9.86 Å². The monoisotopic (exact) mass is 311 g/mol. The summed E-state index contributed by atoms with van der Waals surface area (Å²) in [6, 6.07) is 1.86. The zero-order valence-electron chi connectivity index (χ0n) is 8.66. The number of nitrogens with zero attached hydrogens (tertiary/aromatic N) is 5. The summed E-state index contributed by atoms with van der Waals surface area (Å²) in [6.07, 6.45) is 4.75. The molecule has 8 heteroatoms. The van der Waals surface area contributed by atoms with E-state index in [1.807, 2.05) is 6.07 Å². The molecule has 3 aromatic heterocycles. The van der Waals surface area contributed by atoms with E-state index in [1.54, 1.807) is 23.2 Å². The highest BCUT2D eigenvalue weighted by Gasteiger charge is 2.10. The van der Waals surface area contributed by atoms with Crippen LogP contribution in [0, 0.1) is 0 Å². The molecule has 3 rings (SSSR count). The van der Waals surface area contributed by atoms with Crippen molar-refractivity contribution < 1.29 is 4.21 Å². The van der Waals surface area contributed by atoms with Crippen molar-refractivity contribution in [3.05, 3.63) is 23.1 Å². The Kier molecular flexibility index (Phi) is 2.40. The summed E-state index contributed by atoms with van der Waals surface area (Å²) in [4.78, 5) is 8.32. The Hall–Kier alpha value is -1.41. The van der Waals surface area contributed by atoms with Crippen molar-refractivity contribution in [2.75, 3.05) is 6.26 Å². The first-order chi connectivity index (χ1) is 8.16. The smallest absolute Gasteiger partial charge is 0.220 e. The van der Waals surface area contributed by atoms with Gasteiger partial charge in [0.2, 0.25) is 5.16 Å². The van der Waals surface area contributed by atoms with Crippen molar-refractivity contribution in [3.8, 4) is 0 Å². The van der Waals surface area contributed by atoms with Crippen molar-refractivity contribution in [2.45, 2.75) is 5.16 Å². The summed E-state index contributed by atoms with van der Waals surface area (Å²) >= 11 is 3.41. The second kappa shape index (κ2) is 3.81. The van der Waals surface area contributed by atoms with Crippen LogP contribution < -0.4 is 0 Å². The van der Waals surface area contributed by atoms with E-state index in [1.165, 1.54) is 0 Å². The molecule has 86 valence electrons. The zero-order valence-corrected chi connectivity index (χ0v) is 11.1. The number of aromatic nitrogens is 5. The van der Waals surface area contributed by atoms with E-state index in [4.69, 9.17) is 0 Å². The van der Waals surface area contributed by atoms with Gasteiger partial charge in [-0.1, -0.05) is 0 Å². The average molecular weight is 312 g/mol. The van der Waals surface area contributed by atoms with Gasteiger partial charge in [0.25, 0.3) is 0 Å². The lowest BCUT2D eigenvalue weighted by atomic mass is 10.3. The molecule has 1 atom stereocenters. The van der Waals surface area contributed by atoms with E-state index in [0.29, 0.717) is 16.5 Å². The average Bonchev–Trinajstić information content (AvgIpc) is 2.78. The summed E-state index contributed by atoms with van der Waals surface area (Å²) in [5.41, 5.74) is 1.32. The Balaban J connectivity index is 2.48. The quantitative estimate of drug-likeness (QED) is 0.631. The first-order valence-corrected chi connectivity index (χ1v) is 7.00. The molecule has 1 unspecified atom stereocenters. The Bertz CT molecular complexity index is 756. The van der Waals surface area contributed by atoms with Gasteiger partial charge in [0.15, 0.2) is 11.3 Å². The fraction of sp³-hybridized carbons (Fsp3) is 0.111. The predicted molar refractivity (Wildman–Crippen MR) is 66.1 cm³/mol. The van der Waals surface area contributed by atoms with Gasteiger partial charge >= 0.3 is 0 Å². The molecule has 0 saturated carbocycles. The third-order valence-electron chi connectivity index (χ3n) is 2.30. The number of pyridine rings is 1. The molecular weight excluding hydrogens is 306 g/mol. The minimum absolute atomic E-state index is 0.301. The third-order valence-corrected chi connectivity index (χ3v) is 3.60. The normalized spacial score (nSPS) is 13.3. The molecule has 0 radical (unpaired) electrons. The van der Waals surface area contributed by atoms with Crippen LogP contribution in [0.4, 0.5) is 0 Å². The number of fused-ring (bicyclic) bond motifs is 3. The van der Waals surface area contributed by atoms with Crippen molar-refractivity contribution in [1.29, 1.82) is 0 Å². The Morgan fingerprint density at radius 1 is 1.41 bits per heavy atom. The molecule has 0 amide bonds. The lowest BCUT2D eigenvalue weighted by Gasteiger charge is -2.03. The zero-order chi connectivity index (χ0) is 12.0. The van der Waals surface area contributed by atoms with E-state index in [2.05, 4.69) is 36.1 Å². The van der Waals surface area contributed by atoms with Crippen LogP contribution in [-0.2, 0) is 10.8 Å². The molecule has 0 bridgehead atoms. The van der Waals surface area contributed by atoms with E-state index in [9.17, 15) is 4.21 Å². The van der Waals surface area contributed by atoms with Crippen molar-refractivity contribution in [2.24, 2.45) is 0 Å². The fourth-order valence-corrected chi connectivity index (χ4v) is 2.49. The highest BCUT2D eigenvalue weighted by atomic mass is 79.9. The molecule has 3 heterocycles. The lowest BCUT2D eigenvalue weighted by Crippen LogP contribution is -2.00. The molecule has 0 N–H and O–H groups in total. The van der Waals surface area contributed by atoms with Gasteiger partial charge in [0.1, 0.15) is 6.33 Å². The summed E-state index contributed by atoms with van der Waals surface area (Å²) in [7, 11) is -1.21. The standard InChI is InChI=1S/C9H6BrN5OS/c1-17(16)9-11-3-5-2-6(10)8-14-12-4-15(8)7(5)13-9/h2-4H,1H3. The van der Waals surface area contributed by atoms with Crippen LogP contribution in [0.1, 0.15) is 0 Å². The summed E-state index contributed by atoms with van der Waals surface area (Å²) in [6.45, 7) is 0. The lowest BCUT2D eigenvalue weighted by molar-refractivity contribution is 0.680. The number of hydrogen-bond donors (Lipinski definition) is 0. The second-order valence-electron chi connectivity index (χ2n) is 3.40. The van der Waals surface area contributed by atoms with Gasteiger partial charge in [0.05, 0.1) is 15.3 Å². The van der Waals surface area contributed by atoms with Crippen LogP contribution in [0.2, 0.25) is 0 Å². The van der Waals surface area contributed by atoms with Crippen LogP contribution in [0.5, 0.6) is 0 Å². The highest BCUT2D eigenvalue weighted by molar-refractivity contribution is 9.10. The van der Waals surface area contributed by atoms with Gasteiger partial charge in [-0.05, 0) is 22.0 Å². The van der Waals surface area contributed by atoms with Crippen molar-refractivity contribution in [1.82, 2.24) is 24.6 Å². The maximum atomic E-state index is 11.4. The van der Waals surface area contributed by atoms with Gasteiger partial charge in [-0.15, -0.1) is 10.2 Å². The molecule has 0 aliphatic heterocycles. The fourth-order valence-electron chi connectivity index (χ4n) is 1.55. The maximum Gasteiger partial charge on any atom is 0.220 e. The minimum atomic E-state index is -1.21. The van der Waals surface area contributed by atoms with Crippen LogP contribution in [0.25, 0.3) is 16.7 Å². The van der Waals surface area contributed by atoms with Crippen LogP contribution in [0.3, 0.4) is 0 Å². The van der Waals surface area contributed by atoms with Gasteiger partial charge < -0.3 is 0 Å². The Morgan fingerprint density at radius 3 is 3.00 bits per heavy atom. The van der Waals surface area contributed by atoms with Crippen LogP contribution in [-0.4, -0.2) is 35.0 Å². The molecule has 6 nitrogen and oxygen atoms in total. The highest BCUT2D eigenvalue weighted by Crippen LogP contribution is 2.22. The molecule has 0 aliphatic carbocycles. The van der Waals surface area contributed by atoms with Gasteiger partial charge in [0, 0.05) is 17.8 Å². The van der Waals surface area contributed by atoms with Crippen molar-refractivity contribution >= 4 is 43.4 Å². The number of halogens is 1. The maximum absolute atomic E-state index is 11.4. The third kappa shape index (κ3) is 1.64. The molecule has 0 fully saturated rings. The summed E-state index contributed by atoms with van der Waals surface area (Å²) in [5.74, 6) is 0. The molecule has 0 aromatic carbocycles. The second-order valence-corrected chi connectivity index (χ2v) is 5.53. The van der Waals surface area contributed by atoms with E-state index < -0.39 is 10.8 Å². The van der Waals surface area contributed by atoms with Gasteiger partial charge in [-0.2, -0.15) is 0 Å². The van der Waals surface area contributed by atoms with Crippen LogP contribution >= 0.6 is 15.9 Å². The first-order valence-electron chi connectivity index (χ1n) is 4.65. The van der Waals surface area contributed by atoms with Gasteiger partial charge in [-0.25, -0.2) is 9.97 Å². The minimum Gasteiger partial charge on any atom is -0.264 e. The predicted octanol–water partition coefficient (Wildman–Crippen LogP) is 1.17. The van der Waals surface area contributed by atoms with Crippen molar-refractivity contribution in [3.63, 3.8) is 0 Å². The molecule has 3 aromatic rings. The van der Waals surface area contributed by atoms with Gasteiger partial charge in [-0.3, -0.25) is 8.61 Å².